The van der Waals surface area contributed by atoms with Gasteiger partial charge in [-0.05, 0) is 24.1 Å². The zero-order valence-corrected chi connectivity index (χ0v) is 15.7. The summed E-state index contributed by atoms with van der Waals surface area (Å²) in [5.74, 6) is -1.51. The van der Waals surface area contributed by atoms with Crippen LogP contribution in [0.5, 0.6) is 5.75 Å². The SMILES string of the molecule is COc1cc(C)ccc1C1OC(N)=C(OS(=O)(=O)Cc2ccccc2)C1=O. The highest BCUT2D eigenvalue weighted by Crippen LogP contribution is 2.37. The van der Waals surface area contributed by atoms with Gasteiger partial charge in [-0.15, -0.1) is 0 Å². The third-order valence-electron chi connectivity index (χ3n) is 4.00. The minimum atomic E-state index is -4.08. The van der Waals surface area contributed by atoms with Crippen LogP contribution in [0.15, 0.2) is 60.2 Å². The van der Waals surface area contributed by atoms with Crippen LogP contribution in [0.4, 0.5) is 0 Å². The standard InChI is InChI=1S/C19H19NO6S/c1-12-8-9-14(15(10-12)24-2)17-16(21)18(19(20)25-17)26-27(22,23)11-13-6-4-3-5-7-13/h3-10,17H,11,20H2,1-2H3. The second kappa shape index (κ2) is 7.32. The Hall–Kier alpha value is -3.00. The van der Waals surface area contributed by atoms with Gasteiger partial charge in [0.2, 0.25) is 17.4 Å². The topological polar surface area (TPSA) is 105 Å². The summed E-state index contributed by atoms with van der Waals surface area (Å²) in [6, 6.07) is 13.7. The van der Waals surface area contributed by atoms with Crippen LogP contribution >= 0.6 is 0 Å². The summed E-state index contributed by atoms with van der Waals surface area (Å²) in [5.41, 5.74) is 7.63. The Morgan fingerprint density at radius 1 is 1.15 bits per heavy atom. The first kappa shape index (κ1) is 18.8. The number of Topliss-reactive ketones (excluding diaryl/α,β-unsaturated/α-hetero) is 1. The van der Waals surface area contributed by atoms with E-state index in [2.05, 4.69) is 0 Å². The number of methoxy groups -OCH3 is 1. The normalized spacial score (nSPS) is 17.0. The van der Waals surface area contributed by atoms with E-state index < -0.39 is 33.5 Å². The summed E-state index contributed by atoms with van der Waals surface area (Å²) in [6.45, 7) is 1.88. The van der Waals surface area contributed by atoms with Crippen LogP contribution < -0.4 is 10.5 Å². The van der Waals surface area contributed by atoms with E-state index in [1.807, 2.05) is 6.92 Å². The Morgan fingerprint density at radius 3 is 2.52 bits per heavy atom. The summed E-state index contributed by atoms with van der Waals surface area (Å²) in [6.07, 6.45) is -1.12. The van der Waals surface area contributed by atoms with E-state index in [9.17, 15) is 13.2 Å². The van der Waals surface area contributed by atoms with Gasteiger partial charge in [0.1, 0.15) is 11.5 Å². The van der Waals surface area contributed by atoms with Crippen molar-refractivity contribution >= 4 is 15.9 Å². The number of aryl methyl sites for hydroxylation is 1. The molecule has 0 bridgehead atoms. The Bertz CT molecular complexity index is 998. The maximum Gasteiger partial charge on any atom is 0.313 e. The quantitative estimate of drug-likeness (QED) is 0.756. The number of hydrogen-bond acceptors (Lipinski definition) is 7. The van der Waals surface area contributed by atoms with Crippen molar-refractivity contribution in [3.63, 3.8) is 0 Å². The predicted molar refractivity (Wildman–Crippen MR) is 97.9 cm³/mol. The van der Waals surface area contributed by atoms with Gasteiger partial charge in [-0.3, -0.25) is 4.79 Å². The molecule has 0 radical (unpaired) electrons. The minimum absolute atomic E-state index is 0.371. The molecule has 0 aliphatic carbocycles. The second-order valence-corrected chi connectivity index (χ2v) is 7.64. The molecule has 1 aliphatic heterocycles. The molecule has 1 unspecified atom stereocenters. The third kappa shape index (κ3) is 4.06. The summed E-state index contributed by atoms with van der Waals surface area (Å²) in [4.78, 5) is 12.7. The van der Waals surface area contributed by atoms with Gasteiger partial charge in [0, 0.05) is 5.56 Å². The predicted octanol–water partition coefficient (Wildman–Crippen LogP) is 2.32. The molecular weight excluding hydrogens is 370 g/mol. The first-order valence-electron chi connectivity index (χ1n) is 8.12. The molecular formula is C19H19NO6S. The molecule has 0 spiro atoms. The average molecular weight is 389 g/mol. The van der Waals surface area contributed by atoms with E-state index >= 15 is 0 Å². The molecule has 1 atom stereocenters. The average Bonchev–Trinajstić information content (AvgIpc) is 2.89. The third-order valence-corrected chi connectivity index (χ3v) is 5.11. The van der Waals surface area contributed by atoms with Crippen molar-refractivity contribution < 1.29 is 26.9 Å². The molecule has 0 saturated heterocycles. The van der Waals surface area contributed by atoms with Gasteiger partial charge in [0.05, 0.1) is 7.11 Å². The van der Waals surface area contributed by atoms with E-state index in [4.69, 9.17) is 19.4 Å². The van der Waals surface area contributed by atoms with Gasteiger partial charge >= 0.3 is 10.1 Å². The smallest absolute Gasteiger partial charge is 0.313 e. The van der Waals surface area contributed by atoms with E-state index in [0.717, 1.165) is 5.56 Å². The number of carbonyl (C=O) groups excluding carboxylic acids is 1. The number of hydrogen-bond donors (Lipinski definition) is 1. The van der Waals surface area contributed by atoms with Crippen LogP contribution in [0.25, 0.3) is 0 Å². The molecule has 2 aromatic rings. The van der Waals surface area contributed by atoms with Gasteiger partial charge in [-0.2, -0.15) is 8.42 Å². The van der Waals surface area contributed by atoms with Crippen molar-refractivity contribution in [2.75, 3.05) is 7.11 Å². The zero-order chi connectivity index (χ0) is 19.6. The molecule has 0 fully saturated rings. The molecule has 2 N–H and O–H groups in total. The van der Waals surface area contributed by atoms with Crippen LogP contribution in [0.3, 0.4) is 0 Å². The Balaban J connectivity index is 1.82. The van der Waals surface area contributed by atoms with Crippen molar-refractivity contribution in [1.82, 2.24) is 0 Å². The van der Waals surface area contributed by atoms with Crippen LogP contribution in [-0.2, 0) is 29.6 Å². The Kier molecular flexibility index (Phi) is 5.09. The van der Waals surface area contributed by atoms with Gasteiger partial charge < -0.3 is 19.4 Å². The summed E-state index contributed by atoms with van der Waals surface area (Å²) in [5, 5.41) is 0. The largest absolute Gasteiger partial charge is 0.496 e. The van der Waals surface area contributed by atoms with Crippen molar-refractivity contribution in [2.24, 2.45) is 5.73 Å². The van der Waals surface area contributed by atoms with Gasteiger partial charge in [-0.25, -0.2) is 0 Å². The summed E-state index contributed by atoms with van der Waals surface area (Å²) >= 11 is 0. The summed E-state index contributed by atoms with van der Waals surface area (Å²) in [7, 11) is -2.61. The van der Waals surface area contributed by atoms with E-state index in [-0.39, 0.29) is 5.88 Å². The first-order valence-corrected chi connectivity index (χ1v) is 9.69. The monoisotopic (exact) mass is 389 g/mol. The van der Waals surface area contributed by atoms with Gasteiger partial charge in [0.25, 0.3) is 0 Å². The molecule has 1 aliphatic rings. The molecule has 8 heteroatoms. The Labute approximate surface area is 157 Å². The molecule has 0 amide bonds. The molecule has 142 valence electrons. The lowest BCUT2D eigenvalue weighted by molar-refractivity contribution is -0.123. The summed E-state index contributed by atoms with van der Waals surface area (Å²) < 4.78 is 40.3. The molecule has 0 aromatic heterocycles. The minimum Gasteiger partial charge on any atom is -0.496 e. The maximum atomic E-state index is 12.7. The molecule has 27 heavy (non-hydrogen) atoms. The molecule has 1 heterocycles. The highest BCUT2D eigenvalue weighted by atomic mass is 32.2. The van der Waals surface area contributed by atoms with Crippen molar-refractivity contribution in [3.8, 4) is 5.75 Å². The highest BCUT2D eigenvalue weighted by molar-refractivity contribution is 7.86. The number of ether oxygens (including phenoxy) is 2. The molecule has 0 saturated carbocycles. The maximum absolute atomic E-state index is 12.7. The number of benzene rings is 2. The lowest BCUT2D eigenvalue weighted by atomic mass is 10.0. The van der Waals surface area contributed by atoms with Crippen molar-refractivity contribution in [3.05, 3.63) is 76.9 Å². The van der Waals surface area contributed by atoms with E-state index in [1.165, 1.54) is 7.11 Å². The second-order valence-electron chi connectivity index (χ2n) is 6.07. The lowest BCUT2D eigenvalue weighted by Gasteiger charge is -2.14. The number of ketones is 1. The molecule has 7 nitrogen and oxygen atoms in total. The van der Waals surface area contributed by atoms with Gasteiger partial charge in [0.15, 0.2) is 6.10 Å². The van der Waals surface area contributed by atoms with E-state index in [1.54, 1.807) is 48.5 Å². The molecule has 2 aromatic carbocycles. The van der Waals surface area contributed by atoms with Crippen molar-refractivity contribution in [2.45, 2.75) is 18.8 Å². The van der Waals surface area contributed by atoms with Crippen LogP contribution in [0, 0.1) is 6.92 Å². The highest BCUT2D eigenvalue weighted by Gasteiger charge is 2.40. The first-order chi connectivity index (χ1) is 12.8. The van der Waals surface area contributed by atoms with Crippen LogP contribution in [0.1, 0.15) is 22.8 Å². The van der Waals surface area contributed by atoms with Gasteiger partial charge in [-0.1, -0.05) is 42.5 Å². The fourth-order valence-corrected chi connectivity index (χ4v) is 3.81. The zero-order valence-electron chi connectivity index (χ0n) is 14.8. The van der Waals surface area contributed by atoms with Crippen molar-refractivity contribution in [1.29, 1.82) is 0 Å². The molecule has 3 rings (SSSR count). The van der Waals surface area contributed by atoms with Crippen LogP contribution in [-0.4, -0.2) is 21.3 Å². The lowest BCUT2D eigenvalue weighted by Crippen LogP contribution is -2.16. The van der Waals surface area contributed by atoms with Crippen LogP contribution in [0.2, 0.25) is 0 Å². The number of rotatable bonds is 6. The Morgan fingerprint density at radius 2 is 1.85 bits per heavy atom. The fraction of sp³-hybridized carbons (Fsp3) is 0.211. The number of carbonyl (C=O) groups is 1. The fourth-order valence-electron chi connectivity index (χ4n) is 2.73. The number of nitrogens with two attached hydrogens (primary N) is 1. The van der Waals surface area contributed by atoms with E-state index in [0.29, 0.717) is 16.9 Å².